The van der Waals surface area contributed by atoms with Gasteiger partial charge < -0.3 is 25.0 Å². The molecule has 1 aromatic carbocycles. The summed E-state index contributed by atoms with van der Waals surface area (Å²) < 4.78 is 11.5. The summed E-state index contributed by atoms with van der Waals surface area (Å²) in [6.45, 7) is 1.73. The number of ether oxygens (including phenoxy) is 2. The lowest BCUT2D eigenvalue weighted by atomic mass is 9.93. The Labute approximate surface area is 156 Å². The quantitative estimate of drug-likeness (QED) is 0.747. The van der Waals surface area contributed by atoms with Crippen LogP contribution in [-0.4, -0.2) is 59.9 Å². The number of allylic oxidation sites excluding steroid dienone is 1. The van der Waals surface area contributed by atoms with E-state index in [0.29, 0.717) is 19.7 Å². The highest BCUT2D eigenvalue weighted by Crippen LogP contribution is 2.32. The number of piperazine rings is 1. The van der Waals surface area contributed by atoms with E-state index in [9.17, 15) is 14.4 Å². The summed E-state index contributed by atoms with van der Waals surface area (Å²) in [4.78, 5) is 41.0. The Morgan fingerprint density at radius 3 is 2.74 bits per heavy atom. The molecule has 1 aromatic rings. The monoisotopic (exact) mass is 371 g/mol. The Balaban J connectivity index is 1.69. The van der Waals surface area contributed by atoms with E-state index < -0.39 is 17.6 Å². The highest BCUT2D eigenvalue weighted by molar-refractivity contribution is 6.13. The fourth-order valence-corrected chi connectivity index (χ4v) is 3.70. The fourth-order valence-electron chi connectivity index (χ4n) is 3.70. The van der Waals surface area contributed by atoms with E-state index in [-0.39, 0.29) is 36.7 Å². The average Bonchev–Trinajstić information content (AvgIpc) is 2.68. The van der Waals surface area contributed by atoms with Crippen molar-refractivity contribution < 1.29 is 23.9 Å². The van der Waals surface area contributed by atoms with E-state index >= 15 is 0 Å². The topological polar surface area (TPSA) is 102 Å². The second-order valence-corrected chi connectivity index (χ2v) is 6.85. The molecule has 0 bridgehead atoms. The van der Waals surface area contributed by atoms with Crippen LogP contribution in [0.25, 0.3) is 0 Å². The molecule has 0 aliphatic carbocycles. The third-order valence-corrected chi connectivity index (χ3v) is 5.09. The predicted molar refractivity (Wildman–Crippen MR) is 93.6 cm³/mol. The third-order valence-electron chi connectivity index (χ3n) is 5.09. The van der Waals surface area contributed by atoms with Gasteiger partial charge in [0, 0.05) is 13.1 Å². The van der Waals surface area contributed by atoms with Crippen molar-refractivity contribution in [3.05, 3.63) is 47.4 Å². The summed E-state index contributed by atoms with van der Waals surface area (Å²) in [5.74, 6) is -2.68. The number of carbonyl (C=O) groups excluding carboxylic acids is 3. The van der Waals surface area contributed by atoms with Gasteiger partial charge in [0.25, 0.3) is 5.91 Å². The number of nitrogens with zero attached hydrogens (tertiary/aromatic N) is 2. The molecule has 8 heteroatoms. The molecule has 3 aliphatic rings. The molecule has 0 radical (unpaired) electrons. The summed E-state index contributed by atoms with van der Waals surface area (Å²) >= 11 is 0. The van der Waals surface area contributed by atoms with Crippen LogP contribution < -0.4 is 5.73 Å². The lowest BCUT2D eigenvalue weighted by Gasteiger charge is -2.47. The second-order valence-electron chi connectivity index (χ2n) is 6.85. The Morgan fingerprint density at radius 1 is 1.22 bits per heavy atom. The minimum absolute atomic E-state index is 0.0706. The van der Waals surface area contributed by atoms with E-state index in [4.69, 9.17) is 15.2 Å². The zero-order chi connectivity index (χ0) is 19.0. The molecule has 2 saturated heterocycles. The molecular weight excluding hydrogens is 350 g/mol. The zero-order valence-corrected chi connectivity index (χ0v) is 14.8. The minimum atomic E-state index is -1.04. The number of amides is 2. The Kier molecular flexibility index (Phi) is 4.57. The van der Waals surface area contributed by atoms with Crippen LogP contribution in [0.2, 0.25) is 0 Å². The summed E-state index contributed by atoms with van der Waals surface area (Å²) in [5, 5.41) is 0. The van der Waals surface area contributed by atoms with Crippen molar-refractivity contribution in [2.24, 2.45) is 11.7 Å². The number of Topliss-reactive ketones (excluding diaryl/α,β-unsaturated/α-hetero) is 1. The van der Waals surface area contributed by atoms with E-state index in [1.54, 1.807) is 9.80 Å². The molecule has 2 unspecified atom stereocenters. The second kappa shape index (κ2) is 7.03. The molecule has 0 spiro atoms. The van der Waals surface area contributed by atoms with Gasteiger partial charge in [-0.15, -0.1) is 0 Å². The summed E-state index contributed by atoms with van der Waals surface area (Å²) in [5.41, 5.74) is 6.48. The van der Waals surface area contributed by atoms with Crippen LogP contribution in [-0.2, 0) is 30.5 Å². The van der Waals surface area contributed by atoms with Gasteiger partial charge in [0.05, 0.1) is 13.2 Å². The number of carbonyl (C=O) groups is 3. The van der Waals surface area contributed by atoms with Crippen molar-refractivity contribution in [1.29, 1.82) is 0 Å². The molecule has 0 aromatic heterocycles. The number of hydrogen-bond donors (Lipinski definition) is 1. The molecule has 2 atom stereocenters. The van der Waals surface area contributed by atoms with Gasteiger partial charge in [-0.2, -0.15) is 0 Å². The summed E-state index contributed by atoms with van der Waals surface area (Å²) in [6.07, 6.45) is 0.361. The van der Waals surface area contributed by atoms with Crippen molar-refractivity contribution >= 4 is 17.6 Å². The predicted octanol–water partition coefficient (Wildman–Crippen LogP) is -0.0104. The van der Waals surface area contributed by atoms with Crippen LogP contribution in [0.5, 0.6) is 0 Å². The number of benzene rings is 1. The molecule has 142 valence electrons. The van der Waals surface area contributed by atoms with Crippen molar-refractivity contribution in [2.45, 2.75) is 19.3 Å². The standard InChI is InChI=1S/C19H21N3O5/c20-18(24)13-9-21-10-14-22(7-4-8-26-14)19(25)15(21)17(16(13)23)27-11-12-5-2-1-3-6-12/h1-3,5-6,13-14H,4,7-11H2,(H2,20,24). The number of rotatable bonds is 4. The number of hydrogen-bond acceptors (Lipinski definition) is 6. The number of primary amides is 1. The van der Waals surface area contributed by atoms with E-state index in [1.807, 2.05) is 30.3 Å². The molecule has 2 amide bonds. The first-order chi connectivity index (χ1) is 13.1. The van der Waals surface area contributed by atoms with Gasteiger partial charge in [-0.1, -0.05) is 30.3 Å². The van der Waals surface area contributed by atoms with Gasteiger partial charge in [-0.3, -0.25) is 14.4 Å². The highest BCUT2D eigenvalue weighted by Gasteiger charge is 2.47. The largest absolute Gasteiger partial charge is 0.483 e. The smallest absolute Gasteiger partial charge is 0.276 e. The van der Waals surface area contributed by atoms with Gasteiger partial charge in [-0.25, -0.2) is 0 Å². The van der Waals surface area contributed by atoms with Crippen LogP contribution in [0.15, 0.2) is 41.8 Å². The van der Waals surface area contributed by atoms with Crippen molar-refractivity contribution in [2.75, 3.05) is 26.2 Å². The molecule has 2 fully saturated rings. The third kappa shape index (κ3) is 3.16. The van der Waals surface area contributed by atoms with Crippen LogP contribution in [0.4, 0.5) is 0 Å². The van der Waals surface area contributed by atoms with Gasteiger partial charge in [0.15, 0.2) is 5.76 Å². The summed E-state index contributed by atoms with van der Waals surface area (Å²) in [6, 6.07) is 9.32. The van der Waals surface area contributed by atoms with Crippen LogP contribution in [0.3, 0.4) is 0 Å². The van der Waals surface area contributed by atoms with Crippen molar-refractivity contribution in [1.82, 2.24) is 9.80 Å². The van der Waals surface area contributed by atoms with Gasteiger partial charge in [0.2, 0.25) is 11.7 Å². The van der Waals surface area contributed by atoms with E-state index in [0.717, 1.165) is 12.0 Å². The molecule has 0 saturated carbocycles. The van der Waals surface area contributed by atoms with Gasteiger partial charge in [-0.05, 0) is 12.0 Å². The first-order valence-corrected chi connectivity index (χ1v) is 8.98. The Hall–Kier alpha value is -2.87. The maximum Gasteiger partial charge on any atom is 0.276 e. The average molecular weight is 371 g/mol. The number of ketones is 1. The fraction of sp³-hybridized carbons (Fsp3) is 0.421. The SMILES string of the molecule is NC(=O)C1CN2CC3OCCCN3C(=O)C2=C(OCc2ccccc2)C1=O. The first-order valence-electron chi connectivity index (χ1n) is 8.98. The number of nitrogens with two attached hydrogens (primary N) is 1. The zero-order valence-electron chi connectivity index (χ0n) is 14.8. The maximum atomic E-state index is 13.0. The molecule has 8 nitrogen and oxygen atoms in total. The normalized spacial score (nSPS) is 25.2. The van der Waals surface area contributed by atoms with E-state index in [1.165, 1.54) is 0 Å². The van der Waals surface area contributed by atoms with Gasteiger partial charge >= 0.3 is 0 Å². The lowest BCUT2D eigenvalue weighted by Crippen LogP contribution is -2.62. The van der Waals surface area contributed by atoms with Crippen LogP contribution in [0, 0.1) is 5.92 Å². The molecule has 4 rings (SSSR count). The Bertz CT molecular complexity index is 807. The molecule has 3 aliphatic heterocycles. The van der Waals surface area contributed by atoms with Crippen LogP contribution >= 0.6 is 0 Å². The molecule has 27 heavy (non-hydrogen) atoms. The Morgan fingerprint density at radius 2 is 2.00 bits per heavy atom. The molecule has 3 heterocycles. The maximum absolute atomic E-state index is 13.0. The molecule has 2 N–H and O–H groups in total. The molecular formula is C19H21N3O5. The van der Waals surface area contributed by atoms with Crippen molar-refractivity contribution in [3.63, 3.8) is 0 Å². The van der Waals surface area contributed by atoms with E-state index in [2.05, 4.69) is 0 Å². The van der Waals surface area contributed by atoms with Gasteiger partial charge in [0.1, 0.15) is 24.4 Å². The number of fused-ring (bicyclic) bond motifs is 2. The summed E-state index contributed by atoms with van der Waals surface area (Å²) in [7, 11) is 0. The minimum Gasteiger partial charge on any atom is -0.483 e. The van der Waals surface area contributed by atoms with Crippen molar-refractivity contribution in [3.8, 4) is 0 Å². The first kappa shape index (κ1) is 17.5. The van der Waals surface area contributed by atoms with Crippen LogP contribution in [0.1, 0.15) is 12.0 Å². The lowest BCUT2D eigenvalue weighted by molar-refractivity contribution is -0.167. The highest BCUT2D eigenvalue weighted by atomic mass is 16.5.